The molecule has 0 spiro atoms. The van der Waals surface area contributed by atoms with Crippen molar-refractivity contribution in [1.29, 1.82) is 0 Å². The van der Waals surface area contributed by atoms with Crippen molar-refractivity contribution in [3.63, 3.8) is 0 Å². The van der Waals surface area contributed by atoms with Crippen LogP contribution in [0.15, 0.2) is 39.7 Å². The van der Waals surface area contributed by atoms with Crippen molar-refractivity contribution < 1.29 is 17.4 Å². The van der Waals surface area contributed by atoms with Gasteiger partial charge in [0, 0.05) is 39.6 Å². The lowest BCUT2D eigenvalue weighted by Gasteiger charge is -2.22. The van der Waals surface area contributed by atoms with E-state index in [1.54, 1.807) is 35.4 Å². The number of benzene rings is 1. The Labute approximate surface area is 190 Å². The van der Waals surface area contributed by atoms with Crippen LogP contribution < -0.4 is 15.3 Å². The zero-order chi connectivity index (χ0) is 25.5. The lowest BCUT2D eigenvalue weighted by Crippen LogP contribution is -2.31. The molecule has 0 N–H and O–H groups in total. The van der Waals surface area contributed by atoms with Crippen LogP contribution in [-0.4, -0.2) is 55.1 Å². The second kappa shape index (κ2) is 9.02. The molecule has 3 aromatic rings. The van der Waals surface area contributed by atoms with Crippen molar-refractivity contribution in [2.75, 3.05) is 39.1 Å². The quantitative estimate of drug-likeness (QED) is 0.607. The van der Waals surface area contributed by atoms with E-state index in [1.807, 2.05) is 6.92 Å². The number of hydrogen-bond acceptors (Lipinski definition) is 7. The first-order valence-electron chi connectivity index (χ1n) is 12.5. The monoisotopic (exact) mass is 436 g/mol. The third kappa shape index (κ3) is 4.00. The highest BCUT2D eigenvalue weighted by molar-refractivity contribution is 5.85. The molecule has 4 rings (SSSR count). The summed E-state index contributed by atoms with van der Waals surface area (Å²) >= 11 is 0. The third-order valence-corrected chi connectivity index (χ3v) is 5.25. The van der Waals surface area contributed by atoms with E-state index in [0.717, 1.165) is 5.56 Å². The Bertz CT molecular complexity index is 1280. The second-order valence-corrected chi connectivity index (χ2v) is 6.97. The number of fused-ring (bicyclic) bond motifs is 1. The second-order valence-electron chi connectivity index (χ2n) is 6.97. The molecule has 1 aliphatic heterocycles. The lowest BCUT2D eigenvalue weighted by molar-refractivity contribution is 0.315. The van der Waals surface area contributed by atoms with Crippen LogP contribution >= 0.6 is 12.4 Å². The molecule has 3 heterocycles. The Hall–Kier alpha value is -2.64. The molecule has 1 fully saturated rings. The molecule has 160 valence electrons. The van der Waals surface area contributed by atoms with Crippen molar-refractivity contribution in [3.05, 3.63) is 46.4 Å². The van der Waals surface area contributed by atoms with Gasteiger partial charge in [-0.15, -0.1) is 12.4 Å². The van der Waals surface area contributed by atoms with E-state index in [0.29, 0.717) is 52.3 Å². The van der Waals surface area contributed by atoms with E-state index in [4.69, 9.17) is 17.4 Å². The topological polar surface area (TPSA) is 71.7 Å². The summed E-state index contributed by atoms with van der Waals surface area (Å²) < 4.78 is 57.3. The summed E-state index contributed by atoms with van der Waals surface area (Å²) in [6, 6.07) is 6.10. The molecule has 1 saturated heterocycles. The van der Waals surface area contributed by atoms with Crippen LogP contribution in [0.3, 0.4) is 0 Å². The Morgan fingerprint density at radius 3 is 2.97 bits per heavy atom. The summed E-state index contributed by atoms with van der Waals surface area (Å²) in [5, 5.41) is 0.384. The third-order valence-electron chi connectivity index (χ3n) is 5.25. The van der Waals surface area contributed by atoms with Crippen LogP contribution in [-0.2, 0) is 6.42 Å². The summed E-state index contributed by atoms with van der Waals surface area (Å²) in [5.41, 5.74) is 1.10. The number of aromatic nitrogens is 2. The van der Waals surface area contributed by atoms with Crippen molar-refractivity contribution in [2.45, 2.75) is 25.8 Å². The highest BCUT2D eigenvalue weighted by atomic mass is 35.5. The van der Waals surface area contributed by atoms with Gasteiger partial charge in [-0.1, -0.05) is 6.92 Å². The van der Waals surface area contributed by atoms with Gasteiger partial charge in [-0.05, 0) is 50.6 Å². The van der Waals surface area contributed by atoms with Gasteiger partial charge in [-0.2, -0.15) is 0 Å². The zero-order valence-electron chi connectivity index (χ0n) is 22.7. The molecule has 0 saturated carbocycles. The Morgan fingerprint density at radius 2 is 2.23 bits per heavy atom. The summed E-state index contributed by atoms with van der Waals surface area (Å²) in [7, 11) is 1.54. The zero-order valence-corrected chi connectivity index (χ0v) is 17.5. The fourth-order valence-electron chi connectivity index (χ4n) is 3.72. The van der Waals surface area contributed by atoms with Crippen molar-refractivity contribution in [3.8, 4) is 17.2 Å². The number of methoxy groups -OCH3 is 1. The number of nitrogens with zero attached hydrogens (tertiary/aromatic N) is 4. The maximum Gasteiger partial charge on any atom is 0.347 e. The van der Waals surface area contributed by atoms with Gasteiger partial charge in [0.05, 0.1) is 23.6 Å². The standard InChI is InChI=1S/C22H26N4O3.ClH/c1-5-14-11-16(28-4)12-18-19(14)22(27)29-21(24-18)17-7-6-9-23-20(17)26-10-8-15(13-26)25(2)3;/h6-7,9,11-12,15H,5,8,10,13H2,1-4H3;1H/i2D3,3D3;. The summed E-state index contributed by atoms with van der Waals surface area (Å²) in [4.78, 5) is 24.3. The number of pyridine rings is 1. The minimum atomic E-state index is -2.78. The smallest absolute Gasteiger partial charge is 0.347 e. The van der Waals surface area contributed by atoms with Gasteiger partial charge in [0.1, 0.15) is 11.6 Å². The molecule has 30 heavy (non-hydrogen) atoms. The molecule has 1 unspecified atom stereocenters. The van der Waals surface area contributed by atoms with Crippen molar-refractivity contribution in [1.82, 2.24) is 14.9 Å². The van der Waals surface area contributed by atoms with E-state index in [-0.39, 0.29) is 24.8 Å². The molecular formula is C22H27ClN4O3. The Kier molecular flexibility index (Phi) is 4.57. The lowest BCUT2D eigenvalue weighted by atomic mass is 10.1. The van der Waals surface area contributed by atoms with Gasteiger partial charge < -0.3 is 19.0 Å². The largest absolute Gasteiger partial charge is 0.497 e. The molecule has 1 aliphatic rings. The SMILES string of the molecule is Cl.[2H]C([2H])([2H])N(C1CCN(c2ncccc2-c2nc3cc(OC)cc(CC)c3c(=O)o2)C1)C([2H])([2H])[2H]. The van der Waals surface area contributed by atoms with Gasteiger partial charge in [0.25, 0.3) is 0 Å². The average molecular weight is 437 g/mol. The van der Waals surface area contributed by atoms with Crippen LogP contribution in [0.4, 0.5) is 5.82 Å². The molecule has 7 nitrogen and oxygen atoms in total. The molecule has 0 aliphatic carbocycles. The molecule has 8 heteroatoms. The first kappa shape index (κ1) is 15.2. The maximum absolute atomic E-state index is 12.9. The number of likely N-dealkylation sites (N-methyl/N-ethyl adjacent to an activating group) is 1. The van der Waals surface area contributed by atoms with Crippen LogP contribution in [0.5, 0.6) is 5.75 Å². The summed E-state index contributed by atoms with van der Waals surface area (Å²) in [5.74, 6) is 1.06. The van der Waals surface area contributed by atoms with E-state index in [1.165, 1.54) is 7.11 Å². The number of ether oxygens (including phenoxy) is 1. The first-order valence-corrected chi connectivity index (χ1v) is 9.45. The van der Waals surface area contributed by atoms with Crippen LogP contribution in [0.1, 0.15) is 27.1 Å². The van der Waals surface area contributed by atoms with Crippen LogP contribution in [0.25, 0.3) is 22.4 Å². The minimum Gasteiger partial charge on any atom is -0.497 e. The van der Waals surface area contributed by atoms with Gasteiger partial charge in [-0.25, -0.2) is 14.8 Å². The normalized spacial score (nSPS) is 20.0. The molecule has 1 atom stereocenters. The number of halogens is 1. The number of rotatable bonds is 5. The molecule has 1 aromatic carbocycles. The number of anilines is 1. The Balaban J connectivity index is 0.00000361. The predicted molar refractivity (Wildman–Crippen MR) is 121 cm³/mol. The predicted octanol–water partition coefficient (Wildman–Crippen LogP) is 3.38. The molecule has 0 amide bonds. The van der Waals surface area contributed by atoms with Gasteiger partial charge in [0.2, 0.25) is 5.89 Å². The van der Waals surface area contributed by atoms with Crippen molar-refractivity contribution in [2.24, 2.45) is 0 Å². The Morgan fingerprint density at radius 1 is 1.40 bits per heavy atom. The maximum atomic E-state index is 12.9. The van der Waals surface area contributed by atoms with Gasteiger partial charge >= 0.3 is 5.63 Å². The fraction of sp³-hybridized carbons (Fsp3) is 0.409. The summed E-state index contributed by atoms with van der Waals surface area (Å²) in [6.45, 7) is -3.12. The molecule has 0 bridgehead atoms. The molecule has 0 radical (unpaired) electrons. The number of hydrogen-bond donors (Lipinski definition) is 0. The highest BCUT2D eigenvalue weighted by Gasteiger charge is 2.27. The van der Waals surface area contributed by atoms with Gasteiger partial charge in [0.15, 0.2) is 0 Å². The number of aryl methyl sites for hydroxylation is 1. The van der Waals surface area contributed by atoms with E-state index >= 15 is 0 Å². The van der Waals surface area contributed by atoms with E-state index < -0.39 is 25.6 Å². The first-order chi connectivity index (χ1) is 16.4. The summed E-state index contributed by atoms with van der Waals surface area (Å²) in [6.07, 6.45) is 2.48. The van der Waals surface area contributed by atoms with E-state index in [9.17, 15) is 4.79 Å². The van der Waals surface area contributed by atoms with E-state index in [2.05, 4.69) is 9.97 Å². The van der Waals surface area contributed by atoms with Gasteiger partial charge in [-0.3, -0.25) is 0 Å². The fourth-order valence-corrected chi connectivity index (χ4v) is 3.72. The van der Waals surface area contributed by atoms with Crippen LogP contribution in [0, 0.1) is 0 Å². The minimum absolute atomic E-state index is 0. The average Bonchev–Trinajstić information content (AvgIpc) is 3.24. The molecular weight excluding hydrogens is 404 g/mol. The van der Waals surface area contributed by atoms with Crippen LogP contribution in [0.2, 0.25) is 0 Å². The van der Waals surface area contributed by atoms with Crippen molar-refractivity contribution >= 4 is 29.1 Å². The molecule has 2 aromatic heterocycles. The highest BCUT2D eigenvalue weighted by Crippen LogP contribution is 2.31.